The van der Waals surface area contributed by atoms with Crippen molar-refractivity contribution in [3.8, 4) is 0 Å². The van der Waals surface area contributed by atoms with Gasteiger partial charge < -0.3 is 20.9 Å². The van der Waals surface area contributed by atoms with Crippen LogP contribution in [0.4, 0.5) is 0 Å². The number of carbonyl (C=O) groups is 1. The standard InChI is InChI=1S/C9H20N2O3/c1-2-3-8(12)6-11-9(13)7-14-5-4-10/h8,12H,2-7,10H2,1H3,(H,11,13). The Morgan fingerprint density at radius 3 is 2.93 bits per heavy atom. The zero-order chi connectivity index (χ0) is 10.8. The van der Waals surface area contributed by atoms with Crippen molar-refractivity contribution in [1.29, 1.82) is 0 Å². The van der Waals surface area contributed by atoms with Crippen LogP contribution >= 0.6 is 0 Å². The average molecular weight is 204 g/mol. The molecule has 0 spiro atoms. The molecule has 14 heavy (non-hydrogen) atoms. The third-order valence-electron chi connectivity index (χ3n) is 1.65. The van der Waals surface area contributed by atoms with Crippen LogP contribution in [0, 0.1) is 0 Å². The Hall–Kier alpha value is -0.650. The summed E-state index contributed by atoms with van der Waals surface area (Å²) in [7, 11) is 0. The van der Waals surface area contributed by atoms with Crippen molar-refractivity contribution < 1.29 is 14.6 Å². The smallest absolute Gasteiger partial charge is 0.246 e. The minimum Gasteiger partial charge on any atom is -0.391 e. The maximum atomic E-state index is 11.0. The Balaban J connectivity index is 3.34. The molecule has 5 heteroatoms. The molecule has 0 aliphatic rings. The first kappa shape index (κ1) is 13.4. The van der Waals surface area contributed by atoms with Crippen LogP contribution in [-0.2, 0) is 9.53 Å². The molecule has 5 nitrogen and oxygen atoms in total. The van der Waals surface area contributed by atoms with E-state index in [2.05, 4.69) is 5.32 Å². The highest BCUT2D eigenvalue weighted by atomic mass is 16.5. The topological polar surface area (TPSA) is 84.6 Å². The van der Waals surface area contributed by atoms with Gasteiger partial charge in [-0.15, -0.1) is 0 Å². The van der Waals surface area contributed by atoms with Crippen LogP contribution in [0.15, 0.2) is 0 Å². The SMILES string of the molecule is CCCC(O)CNC(=O)COCCN. The molecule has 0 saturated heterocycles. The van der Waals surface area contributed by atoms with Gasteiger partial charge in [0.25, 0.3) is 0 Å². The van der Waals surface area contributed by atoms with Gasteiger partial charge in [0.15, 0.2) is 0 Å². The number of hydrogen-bond donors (Lipinski definition) is 3. The lowest BCUT2D eigenvalue weighted by Gasteiger charge is -2.10. The second-order valence-corrected chi connectivity index (χ2v) is 3.09. The van der Waals surface area contributed by atoms with Gasteiger partial charge in [0.2, 0.25) is 5.91 Å². The molecule has 1 atom stereocenters. The average Bonchev–Trinajstić information content (AvgIpc) is 2.16. The fourth-order valence-corrected chi connectivity index (χ4v) is 0.966. The highest BCUT2D eigenvalue weighted by molar-refractivity contribution is 5.77. The Kier molecular flexibility index (Phi) is 8.51. The Labute approximate surface area is 84.6 Å². The van der Waals surface area contributed by atoms with Crippen LogP contribution in [-0.4, -0.2) is 43.4 Å². The third-order valence-corrected chi connectivity index (χ3v) is 1.65. The first-order chi connectivity index (χ1) is 6.70. The summed E-state index contributed by atoms with van der Waals surface area (Å²) in [6.07, 6.45) is 1.14. The van der Waals surface area contributed by atoms with Crippen molar-refractivity contribution in [3.63, 3.8) is 0 Å². The van der Waals surface area contributed by atoms with E-state index in [-0.39, 0.29) is 12.5 Å². The molecule has 1 amide bonds. The summed E-state index contributed by atoms with van der Waals surface area (Å²) in [5, 5.41) is 11.9. The van der Waals surface area contributed by atoms with Crippen molar-refractivity contribution in [2.45, 2.75) is 25.9 Å². The van der Waals surface area contributed by atoms with Gasteiger partial charge in [0.05, 0.1) is 12.7 Å². The Morgan fingerprint density at radius 1 is 1.64 bits per heavy atom. The van der Waals surface area contributed by atoms with E-state index in [9.17, 15) is 9.90 Å². The summed E-state index contributed by atoms with van der Waals surface area (Å²) in [6.45, 7) is 3.07. The molecule has 0 saturated carbocycles. The molecule has 0 radical (unpaired) electrons. The van der Waals surface area contributed by atoms with E-state index < -0.39 is 6.10 Å². The number of rotatable bonds is 8. The van der Waals surface area contributed by atoms with Crippen LogP contribution in [0.1, 0.15) is 19.8 Å². The summed E-state index contributed by atoms with van der Waals surface area (Å²) >= 11 is 0. The van der Waals surface area contributed by atoms with Gasteiger partial charge >= 0.3 is 0 Å². The summed E-state index contributed by atoms with van der Waals surface area (Å²) in [5.41, 5.74) is 5.18. The van der Waals surface area contributed by atoms with Gasteiger partial charge in [-0.1, -0.05) is 13.3 Å². The molecule has 84 valence electrons. The Morgan fingerprint density at radius 2 is 2.36 bits per heavy atom. The lowest BCUT2D eigenvalue weighted by Crippen LogP contribution is -2.34. The molecule has 0 aromatic carbocycles. The maximum Gasteiger partial charge on any atom is 0.246 e. The molecule has 0 rings (SSSR count). The van der Waals surface area contributed by atoms with Gasteiger partial charge in [-0.3, -0.25) is 4.79 Å². The van der Waals surface area contributed by atoms with E-state index in [4.69, 9.17) is 10.5 Å². The van der Waals surface area contributed by atoms with Gasteiger partial charge in [-0.05, 0) is 6.42 Å². The van der Waals surface area contributed by atoms with E-state index in [1.54, 1.807) is 0 Å². The maximum absolute atomic E-state index is 11.0. The number of aliphatic hydroxyl groups excluding tert-OH is 1. The minimum atomic E-state index is -0.460. The minimum absolute atomic E-state index is 0.00997. The van der Waals surface area contributed by atoms with Gasteiger partial charge in [-0.2, -0.15) is 0 Å². The fourth-order valence-electron chi connectivity index (χ4n) is 0.966. The van der Waals surface area contributed by atoms with Gasteiger partial charge in [0.1, 0.15) is 6.61 Å². The fraction of sp³-hybridized carbons (Fsp3) is 0.889. The molecular formula is C9H20N2O3. The Bertz CT molecular complexity index is 153. The summed E-state index contributed by atoms with van der Waals surface area (Å²) in [6, 6.07) is 0. The van der Waals surface area contributed by atoms with Crippen molar-refractivity contribution in [1.82, 2.24) is 5.32 Å². The number of carbonyl (C=O) groups excluding carboxylic acids is 1. The lowest BCUT2D eigenvalue weighted by molar-refractivity contribution is -0.126. The molecule has 0 aromatic heterocycles. The molecular weight excluding hydrogens is 184 g/mol. The van der Waals surface area contributed by atoms with E-state index >= 15 is 0 Å². The van der Waals surface area contributed by atoms with Gasteiger partial charge in [-0.25, -0.2) is 0 Å². The molecule has 0 heterocycles. The monoisotopic (exact) mass is 204 g/mol. The summed E-state index contributed by atoms with van der Waals surface area (Å²) < 4.78 is 4.92. The van der Waals surface area contributed by atoms with Crippen molar-refractivity contribution in [2.24, 2.45) is 5.73 Å². The molecule has 0 fully saturated rings. The number of ether oxygens (including phenoxy) is 1. The van der Waals surface area contributed by atoms with Crippen LogP contribution in [0.5, 0.6) is 0 Å². The predicted molar refractivity (Wildman–Crippen MR) is 53.8 cm³/mol. The van der Waals surface area contributed by atoms with E-state index in [1.807, 2.05) is 6.92 Å². The molecule has 0 aromatic rings. The number of aliphatic hydroxyl groups is 1. The molecule has 0 aliphatic heterocycles. The molecule has 0 bridgehead atoms. The number of nitrogens with two attached hydrogens (primary N) is 1. The molecule has 1 unspecified atom stereocenters. The van der Waals surface area contributed by atoms with Crippen molar-refractivity contribution in [3.05, 3.63) is 0 Å². The quantitative estimate of drug-likeness (QED) is 0.454. The normalized spacial score (nSPS) is 12.5. The lowest BCUT2D eigenvalue weighted by atomic mass is 10.2. The second kappa shape index (κ2) is 8.93. The predicted octanol–water partition coefficient (Wildman–Crippen LogP) is -0.761. The number of hydrogen-bond acceptors (Lipinski definition) is 4. The van der Waals surface area contributed by atoms with E-state index in [0.717, 1.165) is 6.42 Å². The second-order valence-electron chi connectivity index (χ2n) is 3.09. The zero-order valence-electron chi connectivity index (χ0n) is 8.66. The highest BCUT2D eigenvalue weighted by Gasteiger charge is 2.05. The number of nitrogens with one attached hydrogen (secondary N) is 1. The summed E-state index contributed by atoms with van der Waals surface area (Å²) in [4.78, 5) is 11.0. The van der Waals surface area contributed by atoms with Crippen LogP contribution in [0.2, 0.25) is 0 Å². The van der Waals surface area contributed by atoms with Crippen LogP contribution < -0.4 is 11.1 Å². The molecule has 0 aliphatic carbocycles. The zero-order valence-corrected chi connectivity index (χ0v) is 8.66. The third kappa shape index (κ3) is 7.97. The largest absolute Gasteiger partial charge is 0.391 e. The summed E-state index contributed by atoms with van der Waals surface area (Å²) in [5.74, 6) is -0.214. The van der Waals surface area contributed by atoms with Gasteiger partial charge in [0, 0.05) is 13.1 Å². The van der Waals surface area contributed by atoms with Crippen LogP contribution in [0.25, 0.3) is 0 Å². The van der Waals surface area contributed by atoms with E-state index in [0.29, 0.717) is 26.1 Å². The molecule has 4 N–H and O–H groups in total. The highest BCUT2D eigenvalue weighted by Crippen LogP contribution is 1.93. The first-order valence-electron chi connectivity index (χ1n) is 4.93. The number of amides is 1. The van der Waals surface area contributed by atoms with Crippen molar-refractivity contribution >= 4 is 5.91 Å². The first-order valence-corrected chi connectivity index (χ1v) is 4.93. The van der Waals surface area contributed by atoms with Crippen molar-refractivity contribution in [2.75, 3.05) is 26.3 Å². The van der Waals surface area contributed by atoms with E-state index in [1.165, 1.54) is 0 Å². The van der Waals surface area contributed by atoms with Crippen LogP contribution in [0.3, 0.4) is 0 Å².